The molecule has 0 spiro atoms. The van der Waals surface area contributed by atoms with E-state index in [4.69, 9.17) is 4.99 Å². The molecule has 4 heteroatoms. The highest BCUT2D eigenvalue weighted by molar-refractivity contribution is 6.10. The van der Waals surface area contributed by atoms with Crippen molar-refractivity contribution in [1.82, 2.24) is 9.55 Å². The number of aliphatic imine (C=N–C) groups is 1. The van der Waals surface area contributed by atoms with Crippen LogP contribution in [-0.2, 0) is 6.42 Å². The SMILES string of the molecule is O=c1c2c(c3ccccc3n1-c1ccccc1)N=C(c1cccnc1)C2. The Labute approximate surface area is 150 Å². The average molecular weight is 337 g/mol. The van der Waals surface area contributed by atoms with Gasteiger partial charge in [-0.2, -0.15) is 0 Å². The first-order valence-electron chi connectivity index (χ1n) is 8.53. The van der Waals surface area contributed by atoms with Crippen molar-refractivity contribution in [3.05, 3.63) is 101 Å². The molecule has 0 saturated heterocycles. The van der Waals surface area contributed by atoms with Gasteiger partial charge in [-0.25, -0.2) is 0 Å². The third-order valence-electron chi connectivity index (χ3n) is 4.75. The largest absolute Gasteiger partial charge is 0.277 e. The van der Waals surface area contributed by atoms with E-state index in [0.717, 1.165) is 39.1 Å². The molecule has 26 heavy (non-hydrogen) atoms. The molecule has 5 rings (SSSR count). The van der Waals surface area contributed by atoms with Crippen molar-refractivity contribution in [2.75, 3.05) is 0 Å². The standard InChI is InChI=1S/C22H15N3O/c26-22-18-13-19(15-7-6-12-23-14-15)24-21(18)17-10-4-5-11-20(17)25(22)16-8-2-1-3-9-16/h1-12,14H,13H2. The van der Waals surface area contributed by atoms with Crippen LogP contribution in [0.4, 0.5) is 5.69 Å². The summed E-state index contributed by atoms with van der Waals surface area (Å²) in [6, 6.07) is 21.6. The summed E-state index contributed by atoms with van der Waals surface area (Å²) >= 11 is 0. The topological polar surface area (TPSA) is 47.2 Å². The Balaban J connectivity index is 1.80. The van der Waals surface area contributed by atoms with E-state index < -0.39 is 0 Å². The quantitative estimate of drug-likeness (QED) is 0.554. The first-order valence-corrected chi connectivity index (χ1v) is 8.53. The molecule has 4 aromatic rings. The van der Waals surface area contributed by atoms with E-state index in [0.29, 0.717) is 6.42 Å². The van der Waals surface area contributed by atoms with Crippen LogP contribution < -0.4 is 5.56 Å². The lowest BCUT2D eigenvalue weighted by Crippen LogP contribution is -2.23. The van der Waals surface area contributed by atoms with Gasteiger partial charge >= 0.3 is 0 Å². The zero-order valence-corrected chi connectivity index (χ0v) is 14.0. The molecule has 2 aromatic carbocycles. The molecule has 2 aromatic heterocycles. The molecule has 0 saturated carbocycles. The van der Waals surface area contributed by atoms with Gasteiger partial charge in [0, 0.05) is 35.5 Å². The predicted molar refractivity (Wildman–Crippen MR) is 104 cm³/mol. The van der Waals surface area contributed by atoms with E-state index in [9.17, 15) is 4.79 Å². The minimum atomic E-state index is -0.00691. The second kappa shape index (κ2) is 5.77. The van der Waals surface area contributed by atoms with Gasteiger partial charge in [0.15, 0.2) is 0 Å². The van der Waals surface area contributed by atoms with Crippen LogP contribution in [0.25, 0.3) is 16.6 Å². The van der Waals surface area contributed by atoms with E-state index in [1.54, 1.807) is 17.0 Å². The Morgan fingerprint density at radius 3 is 2.50 bits per heavy atom. The van der Waals surface area contributed by atoms with Gasteiger partial charge in [0.2, 0.25) is 0 Å². The van der Waals surface area contributed by atoms with Gasteiger partial charge in [-0.15, -0.1) is 0 Å². The number of para-hydroxylation sites is 2. The second-order valence-electron chi connectivity index (χ2n) is 6.30. The maximum absolute atomic E-state index is 13.3. The Bertz CT molecular complexity index is 1210. The van der Waals surface area contributed by atoms with E-state index in [1.165, 1.54) is 0 Å². The highest BCUT2D eigenvalue weighted by Crippen LogP contribution is 2.34. The molecule has 0 bridgehead atoms. The van der Waals surface area contributed by atoms with E-state index in [1.807, 2.05) is 66.7 Å². The minimum Gasteiger partial charge on any atom is -0.277 e. The summed E-state index contributed by atoms with van der Waals surface area (Å²) in [5.41, 5.74) is 5.11. The fourth-order valence-electron chi connectivity index (χ4n) is 3.54. The highest BCUT2D eigenvalue weighted by Gasteiger charge is 2.24. The monoisotopic (exact) mass is 337 g/mol. The number of benzene rings is 2. The van der Waals surface area contributed by atoms with Crippen LogP contribution in [0.3, 0.4) is 0 Å². The van der Waals surface area contributed by atoms with E-state index in [-0.39, 0.29) is 5.56 Å². The van der Waals surface area contributed by atoms with Crippen LogP contribution in [-0.4, -0.2) is 15.3 Å². The molecule has 0 N–H and O–H groups in total. The van der Waals surface area contributed by atoms with Gasteiger partial charge in [0.05, 0.1) is 22.5 Å². The first-order chi connectivity index (χ1) is 12.8. The Kier molecular flexibility index (Phi) is 3.28. The number of fused-ring (bicyclic) bond motifs is 3. The summed E-state index contributed by atoms with van der Waals surface area (Å²) in [7, 11) is 0. The summed E-state index contributed by atoms with van der Waals surface area (Å²) in [5, 5.41) is 0.991. The summed E-state index contributed by atoms with van der Waals surface area (Å²) in [4.78, 5) is 22.3. The molecular formula is C22H15N3O. The average Bonchev–Trinajstić information content (AvgIpc) is 3.16. The summed E-state index contributed by atoms with van der Waals surface area (Å²) < 4.78 is 1.79. The third-order valence-corrected chi connectivity index (χ3v) is 4.75. The molecule has 0 atom stereocenters. The van der Waals surface area contributed by atoms with Crippen LogP contribution in [0.2, 0.25) is 0 Å². The number of nitrogens with zero attached hydrogens (tertiary/aromatic N) is 3. The van der Waals surface area contributed by atoms with Gasteiger partial charge in [0.25, 0.3) is 5.56 Å². The van der Waals surface area contributed by atoms with Crippen molar-refractivity contribution >= 4 is 22.3 Å². The van der Waals surface area contributed by atoms with Crippen LogP contribution >= 0.6 is 0 Å². The van der Waals surface area contributed by atoms with Crippen molar-refractivity contribution in [2.24, 2.45) is 4.99 Å². The Morgan fingerprint density at radius 2 is 1.69 bits per heavy atom. The fraction of sp³-hybridized carbons (Fsp3) is 0.0455. The van der Waals surface area contributed by atoms with Gasteiger partial charge in [-0.3, -0.25) is 19.3 Å². The van der Waals surface area contributed by atoms with Crippen LogP contribution in [0.1, 0.15) is 11.1 Å². The maximum atomic E-state index is 13.3. The van der Waals surface area contributed by atoms with Gasteiger partial charge < -0.3 is 0 Å². The lowest BCUT2D eigenvalue weighted by molar-refractivity contribution is 1.02. The number of rotatable bonds is 2. The van der Waals surface area contributed by atoms with Gasteiger partial charge in [0.1, 0.15) is 0 Å². The van der Waals surface area contributed by atoms with E-state index >= 15 is 0 Å². The van der Waals surface area contributed by atoms with Crippen molar-refractivity contribution in [2.45, 2.75) is 6.42 Å². The fourth-order valence-corrected chi connectivity index (χ4v) is 3.54. The third kappa shape index (κ3) is 2.19. The lowest BCUT2D eigenvalue weighted by Gasteiger charge is -2.13. The number of pyridine rings is 2. The molecule has 1 aliphatic rings. The molecule has 0 radical (unpaired) electrons. The van der Waals surface area contributed by atoms with E-state index in [2.05, 4.69) is 4.98 Å². The van der Waals surface area contributed by atoms with Crippen molar-refractivity contribution in [3.63, 3.8) is 0 Å². The zero-order chi connectivity index (χ0) is 17.5. The molecule has 0 unspecified atom stereocenters. The molecular weight excluding hydrogens is 322 g/mol. The van der Waals surface area contributed by atoms with Crippen molar-refractivity contribution < 1.29 is 0 Å². The summed E-state index contributed by atoms with van der Waals surface area (Å²) in [6.45, 7) is 0. The predicted octanol–water partition coefficient (Wildman–Crippen LogP) is 4.06. The molecule has 0 aliphatic carbocycles. The molecule has 4 nitrogen and oxygen atoms in total. The lowest BCUT2D eigenvalue weighted by atomic mass is 10.0. The van der Waals surface area contributed by atoms with Crippen molar-refractivity contribution in [3.8, 4) is 5.69 Å². The molecule has 1 aliphatic heterocycles. The van der Waals surface area contributed by atoms with Crippen LogP contribution in [0.5, 0.6) is 0 Å². The highest BCUT2D eigenvalue weighted by atomic mass is 16.1. The smallest absolute Gasteiger partial charge is 0.261 e. The van der Waals surface area contributed by atoms with Gasteiger partial charge in [-0.05, 0) is 24.3 Å². The number of aromatic nitrogens is 2. The molecule has 0 amide bonds. The minimum absolute atomic E-state index is 0.00691. The Hall–Kier alpha value is -3.53. The normalized spacial score (nSPS) is 12.8. The summed E-state index contributed by atoms with van der Waals surface area (Å²) in [5.74, 6) is 0. The molecule has 3 heterocycles. The molecule has 124 valence electrons. The second-order valence-corrected chi connectivity index (χ2v) is 6.30. The number of hydrogen-bond donors (Lipinski definition) is 0. The number of hydrogen-bond acceptors (Lipinski definition) is 3. The van der Waals surface area contributed by atoms with Gasteiger partial charge in [-0.1, -0.05) is 42.5 Å². The molecule has 0 fully saturated rings. The maximum Gasteiger partial charge on any atom is 0.261 e. The van der Waals surface area contributed by atoms with Crippen LogP contribution in [0, 0.1) is 0 Å². The first kappa shape index (κ1) is 14.8. The Morgan fingerprint density at radius 1 is 0.885 bits per heavy atom. The van der Waals surface area contributed by atoms with Crippen molar-refractivity contribution in [1.29, 1.82) is 0 Å². The summed E-state index contributed by atoms with van der Waals surface area (Å²) in [6.07, 6.45) is 4.06. The van der Waals surface area contributed by atoms with Crippen LogP contribution in [0.15, 0.2) is 88.9 Å². The zero-order valence-electron chi connectivity index (χ0n) is 14.0.